The number of aromatic nitrogens is 3. The molecule has 2 heterocycles. The van der Waals surface area contributed by atoms with Gasteiger partial charge in [-0.1, -0.05) is 42.5 Å². The van der Waals surface area contributed by atoms with E-state index in [1.165, 1.54) is 0 Å². The van der Waals surface area contributed by atoms with Crippen LogP contribution in [-0.4, -0.2) is 62.3 Å². The fourth-order valence-corrected chi connectivity index (χ4v) is 3.35. The van der Waals surface area contributed by atoms with E-state index in [4.69, 9.17) is 5.73 Å². The molecule has 1 aliphatic heterocycles. The third-order valence-corrected chi connectivity index (χ3v) is 4.86. The Morgan fingerprint density at radius 2 is 2.07 bits per heavy atom. The second-order valence-electron chi connectivity index (χ2n) is 6.73. The number of benzene rings is 1. The molecule has 0 aliphatic carbocycles. The number of amides is 2. The Kier molecular flexibility index (Phi) is 6.18. The molecule has 144 valence electrons. The average molecular weight is 370 g/mol. The second kappa shape index (κ2) is 8.77. The average Bonchev–Trinajstić information content (AvgIpc) is 3.09. The molecule has 1 aliphatic rings. The molecular weight excluding hydrogens is 344 g/mol. The fraction of sp³-hybridized carbons (Fsp3) is 0.474. The minimum atomic E-state index is -0.189. The van der Waals surface area contributed by atoms with E-state index in [2.05, 4.69) is 10.3 Å². The highest BCUT2D eigenvalue weighted by Gasteiger charge is 2.31. The van der Waals surface area contributed by atoms with E-state index in [-0.39, 0.29) is 17.9 Å². The number of carbonyl (C=O) groups excluding carboxylic acids is 2. The molecule has 1 fully saturated rings. The van der Waals surface area contributed by atoms with E-state index in [1.54, 1.807) is 15.8 Å². The minimum Gasteiger partial charge on any atom is -0.335 e. The smallest absolute Gasteiger partial charge is 0.276 e. The van der Waals surface area contributed by atoms with Gasteiger partial charge in [0, 0.05) is 38.6 Å². The normalized spacial score (nSPS) is 17.9. The van der Waals surface area contributed by atoms with Gasteiger partial charge in [0.25, 0.3) is 5.91 Å². The maximum absolute atomic E-state index is 12.9. The number of hydrogen-bond donors (Lipinski definition) is 1. The Bertz CT molecular complexity index is 776. The largest absolute Gasteiger partial charge is 0.335 e. The maximum atomic E-state index is 12.9. The molecule has 1 aromatic carbocycles. The summed E-state index contributed by atoms with van der Waals surface area (Å²) in [5.41, 5.74) is 6.90. The molecule has 0 saturated carbocycles. The van der Waals surface area contributed by atoms with Gasteiger partial charge in [-0.05, 0) is 12.0 Å². The zero-order valence-corrected chi connectivity index (χ0v) is 15.6. The van der Waals surface area contributed by atoms with Crippen LogP contribution in [0.25, 0.3) is 0 Å². The number of nitrogens with zero attached hydrogens (tertiary/aromatic N) is 5. The van der Waals surface area contributed by atoms with Gasteiger partial charge in [-0.2, -0.15) is 0 Å². The lowest BCUT2D eigenvalue weighted by molar-refractivity contribution is -0.133. The summed E-state index contributed by atoms with van der Waals surface area (Å²) in [7, 11) is 0. The van der Waals surface area contributed by atoms with E-state index >= 15 is 0 Å². The lowest BCUT2D eigenvalue weighted by Crippen LogP contribution is -2.43. The van der Waals surface area contributed by atoms with Crippen LogP contribution in [0.2, 0.25) is 0 Å². The van der Waals surface area contributed by atoms with Crippen LogP contribution in [0.4, 0.5) is 0 Å². The van der Waals surface area contributed by atoms with Crippen LogP contribution in [0.15, 0.2) is 36.5 Å². The molecule has 1 atom stereocenters. The Hall–Kier alpha value is -2.74. The summed E-state index contributed by atoms with van der Waals surface area (Å²) in [4.78, 5) is 29.2. The molecule has 1 saturated heterocycles. The molecule has 8 nitrogen and oxygen atoms in total. The fourth-order valence-electron chi connectivity index (χ4n) is 3.35. The first-order valence-electron chi connectivity index (χ1n) is 9.35. The van der Waals surface area contributed by atoms with Crippen LogP contribution < -0.4 is 5.73 Å². The van der Waals surface area contributed by atoms with E-state index < -0.39 is 0 Å². The molecule has 0 radical (unpaired) electrons. The van der Waals surface area contributed by atoms with Crippen molar-refractivity contribution in [1.29, 1.82) is 0 Å². The molecule has 2 amide bonds. The summed E-state index contributed by atoms with van der Waals surface area (Å²) in [5, 5.41) is 7.90. The first-order valence-corrected chi connectivity index (χ1v) is 9.35. The highest BCUT2D eigenvalue weighted by Crippen LogP contribution is 2.19. The van der Waals surface area contributed by atoms with Gasteiger partial charge in [-0.15, -0.1) is 5.10 Å². The van der Waals surface area contributed by atoms with Crippen molar-refractivity contribution in [2.75, 3.05) is 19.6 Å². The molecule has 8 heteroatoms. The predicted octanol–water partition coefficient (Wildman–Crippen LogP) is 0.890. The van der Waals surface area contributed by atoms with Gasteiger partial charge < -0.3 is 15.5 Å². The summed E-state index contributed by atoms with van der Waals surface area (Å²) in [6.45, 7) is 4.44. The van der Waals surface area contributed by atoms with Gasteiger partial charge in [0.15, 0.2) is 5.69 Å². The number of carbonyl (C=O) groups is 2. The first kappa shape index (κ1) is 19.0. The lowest BCUT2D eigenvalue weighted by Gasteiger charge is -2.31. The van der Waals surface area contributed by atoms with Gasteiger partial charge in [0.2, 0.25) is 5.91 Å². The minimum absolute atomic E-state index is 0.0248. The maximum Gasteiger partial charge on any atom is 0.276 e. The molecule has 2 N–H and O–H groups in total. The Morgan fingerprint density at radius 3 is 2.78 bits per heavy atom. The van der Waals surface area contributed by atoms with Crippen LogP contribution in [0.1, 0.15) is 35.8 Å². The standard InChI is InChI=1S/C19H26N6O2/c1-2-16-13-23(19(27)17-14-24(11-9-20)22-21-17)10-8-18(26)25(16)12-15-6-4-3-5-7-15/h3-7,14,16H,2,8-13,20H2,1H3/t16-/m0/s1. The van der Waals surface area contributed by atoms with E-state index in [0.717, 1.165) is 12.0 Å². The van der Waals surface area contributed by atoms with Crippen LogP contribution in [-0.2, 0) is 17.9 Å². The summed E-state index contributed by atoms with van der Waals surface area (Å²) < 4.78 is 1.56. The molecule has 2 aromatic rings. The first-order chi connectivity index (χ1) is 13.1. The van der Waals surface area contributed by atoms with Crippen LogP contribution in [0.5, 0.6) is 0 Å². The van der Waals surface area contributed by atoms with Crippen LogP contribution in [0.3, 0.4) is 0 Å². The molecule has 1 aromatic heterocycles. The van der Waals surface area contributed by atoms with Gasteiger partial charge in [0.05, 0.1) is 12.7 Å². The highest BCUT2D eigenvalue weighted by atomic mass is 16.2. The van der Waals surface area contributed by atoms with E-state index in [1.807, 2.05) is 42.2 Å². The Balaban J connectivity index is 1.74. The van der Waals surface area contributed by atoms with Crippen LogP contribution in [0, 0.1) is 0 Å². The number of rotatable bonds is 6. The van der Waals surface area contributed by atoms with E-state index in [0.29, 0.717) is 44.8 Å². The van der Waals surface area contributed by atoms with Crippen molar-refractivity contribution in [2.45, 2.75) is 38.9 Å². The number of nitrogens with two attached hydrogens (primary N) is 1. The van der Waals surface area contributed by atoms with Crippen LogP contribution >= 0.6 is 0 Å². The van der Waals surface area contributed by atoms with Gasteiger partial charge >= 0.3 is 0 Å². The third-order valence-electron chi connectivity index (χ3n) is 4.86. The molecule has 27 heavy (non-hydrogen) atoms. The predicted molar refractivity (Wildman–Crippen MR) is 101 cm³/mol. The summed E-state index contributed by atoms with van der Waals surface area (Å²) in [6.07, 6.45) is 2.71. The van der Waals surface area contributed by atoms with Crippen molar-refractivity contribution in [2.24, 2.45) is 5.73 Å². The Labute approximate surface area is 158 Å². The Morgan fingerprint density at radius 1 is 1.30 bits per heavy atom. The lowest BCUT2D eigenvalue weighted by atomic mass is 10.1. The summed E-state index contributed by atoms with van der Waals surface area (Å²) >= 11 is 0. The second-order valence-corrected chi connectivity index (χ2v) is 6.73. The topological polar surface area (TPSA) is 97.4 Å². The van der Waals surface area contributed by atoms with Crippen molar-refractivity contribution in [3.63, 3.8) is 0 Å². The van der Waals surface area contributed by atoms with Crippen molar-refractivity contribution in [1.82, 2.24) is 24.8 Å². The monoisotopic (exact) mass is 370 g/mol. The molecular formula is C19H26N6O2. The SMILES string of the molecule is CC[C@H]1CN(C(=O)c2cn(CCN)nn2)CCC(=O)N1Cc1ccccc1. The van der Waals surface area contributed by atoms with Crippen molar-refractivity contribution < 1.29 is 9.59 Å². The number of hydrogen-bond acceptors (Lipinski definition) is 5. The van der Waals surface area contributed by atoms with Crippen molar-refractivity contribution >= 4 is 11.8 Å². The van der Waals surface area contributed by atoms with Gasteiger partial charge in [0.1, 0.15) is 0 Å². The van der Waals surface area contributed by atoms with E-state index in [9.17, 15) is 9.59 Å². The van der Waals surface area contributed by atoms with Crippen molar-refractivity contribution in [3.8, 4) is 0 Å². The van der Waals surface area contributed by atoms with Gasteiger partial charge in [-0.3, -0.25) is 14.3 Å². The molecule has 0 spiro atoms. The zero-order chi connectivity index (χ0) is 19.2. The quantitative estimate of drug-likeness (QED) is 0.814. The highest BCUT2D eigenvalue weighted by molar-refractivity contribution is 5.92. The third kappa shape index (κ3) is 4.51. The molecule has 0 bridgehead atoms. The molecule has 3 rings (SSSR count). The zero-order valence-electron chi connectivity index (χ0n) is 15.6. The summed E-state index contributed by atoms with van der Waals surface area (Å²) in [6, 6.07) is 9.91. The molecule has 0 unspecified atom stereocenters. The van der Waals surface area contributed by atoms with Gasteiger partial charge in [-0.25, -0.2) is 0 Å². The summed E-state index contributed by atoms with van der Waals surface area (Å²) in [5.74, 6) is -0.112. The van der Waals surface area contributed by atoms with Crippen molar-refractivity contribution in [3.05, 3.63) is 47.8 Å².